The Hall–Kier alpha value is -1.10. The Morgan fingerprint density at radius 2 is 2.17 bits per heavy atom. The number of nitrogens with zero attached hydrogens (tertiary/aromatic N) is 1. The summed E-state index contributed by atoms with van der Waals surface area (Å²) in [6.07, 6.45) is 1.09. The highest BCUT2D eigenvalue weighted by atomic mass is 79.9. The maximum atomic E-state index is 12.2. The Kier molecular flexibility index (Phi) is 3.36. The normalized spacial score (nSPS) is 16.9. The average molecular weight is 331 g/mol. The maximum Gasteiger partial charge on any atom is 0.245 e. The van der Waals surface area contributed by atoms with Gasteiger partial charge in [-0.15, -0.1) is 0 Å². The Morgan fingerprint density at radius 3 is 2.67 bits per heavy atom. The van der Waals surface area contributed by atoms with Crippen molar-refractivity contribution in [1.29, 1.82) is 5.26 Å². The average Bonchev–Trinajstić information content (AvgIpc) is 3.08. The molecular weight excluding hydrogens is 320 g/mol. The fourth-order valence-corrected chi connectivity index (χ4v) is 3.41. The highest BCUT2D eigenvalue weighted by molar-refractivity contribution is 9.10. The Balaban J connectivity index is 2.39. The molecule has 96 valence electrons. The third-order valence-electron chi connectivity index (χ3n) is 2.71. The molecule has 1 saturated carbocycles. The van der Waals surface area contributed by atoms with Crippen molar-refractivity contribution in [1.82, 2.24) is 4.72 Å². The molecule has 1 aliphatic rings. The Labute approximate surface area is 114 Å². The minimum Gasteiger partial charge on any atom is -0.495 e. The molecule has 0 atom stereocenters. The van der Waals surface area contributed by atoms with Gasteiger partial charge in [0, 0.05) is 4.47 Å². The number of ether oxygens (including phenoxy) is 1. The van der Waals surface area contributed by atoms with Crippen LogP contribution >= 0.6 is 15.9 Å². The first-order valence-electron chi connectivity index (χ1n) is 5.21. The second kappa shape index (κ2) is 4.53. The first kappa shape index (κ1) is 13.3. The monoisotopic (exact) mass is 330 g/mol. The standard InChI is InChI=1S/C11H11BrN2O3S/c1-17-9-6-8(12)2-3-10(9)18(15,16)14-11(7-13)4-5-11/h2-3,6,14H,4-5H2,1H3. The summed E-state index contributed by atoms with van der Waals surface area (Å²) in [5.41, 5.74) is -0.934. The molecule has 0 radical (unpaired) electrons. The molecule has 7 heteroatoms. The van der Waals surface area contributed by atoms with Gasteiger partial charge in [0.05, 0.1) is 13.2 Å². The number of benzene rings is 1. The second-order valence-electron chi connectivity index (χ2n) is 4.09. The molecule has 0 heterocycles. The van der Waals surface area contributed by atoms with E-state index in [4.69, 9.17) is 10.00 Å². The van der Waals surface area contributed by atoms with Crippen LogP contribution in [-0.2, 0) is 10.0 Å². The van der Waals surface area contributed by atoms with Gasteiger partial charge in [-0.2, -0.15) is 9.98 Å². The van der Waals surface area contributed by atoms with Crippen molar-refractivity contribution in [3.05, 3.63) is 22.7 Å². The van der Waals surface area contributed by atoms with Gasteiger partial charge in [0.15, 0.2) is 0 Å². The van der Waals surface area contributed by atoms with Crippen molar-refractivity contribution < 1.29 is 13.2 Å². The SMILES string of the molecule is COc1cc(Br)ccc1S(=O)(=O)NC1(C#N)CC1. The molecular formula is C11H11BrN2O3S. The van der Waals surface area contributed by atoms with E-state index in [1.165, 1.54) is 13.2 Å². The summed E-state index contributed by atoms with van der Waals surface area (Å²) in [4.78, 5) is 0.0368. The molecule has 0 aromatic heterocycles. The molecule has 1 aliphatic carbocycles. The first-order chi connectivity index (χ1) is 8.42. The lowest BCUT2D eigenvalue weighted by Gasteiger charge is -2.13. The van der Waals surface area contributed by atoms with E-state index in [9.17, 15) is 8.42 Å². The molecule has 1 aromatic carbocycles. The minimum atomic E-state index is -3.75. The van der Waals surface area contributed by atoms with Gasteiger partial charge in [0.2, 0.25) is 10.0 Å². The van der Waals surface area contributed by atoms with E-state index in [1.54, 1.807) is 12.1 Å². The number of nitriles is 1. The number of hydrogen-bond donors (Lipinski definition) is 1. The van der Waals surface area contributed by atoms with Gasteiger partial charge >= 0.3 is 0 Å². The van der Waals surface area contributed by atoms with Crippen LogP contribution in [-0.4, -0.2) is 21.1 Å². The van der Waals surface area contributed by atoms with Gasteiger partial charge in [0.1, 0.15) is 16.2 Å². The van der Waals surface area contributed by atoms with E-state index in [-0.39, 0.29) is 10.6 Å². The Bertz CT molecular complexity index is 618. The third kappa shape index (κ3) is 2.51. The number of nitrogens with one attached hydrogen (secondary N) is 1. The summed E-state index contributed by atoms with van der Waals surface area (Å²) < 4.78 is 32.6. The summed E-state index contributed by atoms with van der Waals surface area (Å²) in [7, 11) is -2.34. The van der Waals surface area contributed by atoms with Crippen LogP contribution in [0.5, 0.6) is 5.75 Å². The molecule has 1 aromatic rings. The number of halogens is 1. The lowest BCUT2D eigenvalue weighted by atomic mass is 10.3. The lowest BCUT2D eigenvalue weighted by Crippen LogP contribution is -2.35. The van der Waals surface area contributed by atoms with E-state index < -0.39 is 15.6 Å². The van der Waals surface area contributed by atoms with E-state index in [0.717, 1.165) is 4.47 Å². The van der Waals surface area contributed by atoms with Crippen molar-refractivity contribution in [2.24, 2.45) is 0 Å². The molecule has 1 N–H and O–H groups in total. The van der Waals surface area contributed by atoms with Gasteiger partial charge in [-0.25, -0.2) is 8.42 Å². The van der Waals surface area contributed by atoms with Crippen molar-refractivity contribution in [3.8, 4) is 11.8 Å². The van der Waals surface area contributed by atoms with Gasteiger partial charge in [-0.3, -0.25) is 0 Å². The van der Waals surface area contributed by atoms with Crippen LogP contribution in [0.25, 0.3) is 0 Å². The summed E-state index contributed by atoms with van der Waals surface area (Å²) in [5, 5.41) is 8.92. The highest BCUT2D eigenvalue weighted by Crippen LogP contribution is 2.37. The van der Waals surface area contributed by atoms with Gasteiger partial charge in [0.25, 0.3) is 0 Å². The van der Waals surface area contributed by atoms with E-state index >= 15 is 0 Å². The zero-order chi connectivity index (χ0) is 13.4. The van der Waals surface area contributed by atoms with Crippen LogP contribution < -0.4 is 9.46 Å². The topological polar surface area (TPSA) is 79.2 Å². The van der Waals surface area contributed by atoms with E-state index in [0.29, 0.717) is 12.8 Å². The van der Waals surface area contributed by atoms with Gasteiger partial charge < -0.3 is 4.74 Å². The summed E-state index contributed by atoms with van der Waals surface area (Å²) in [6.45, 7) is 0. The summed E-state index contributed by atoms with van der Waals surface area (Å²) in [6, 6.07) is 6.61. The first-order valence-corrected chi connectivity index (χ1v) is 7.49. The molecule has 0 spiro atoms. The molecule has 0 unspecified atom stereocenters. The molecule has 0 aliphatic heterocycles. The van der Waals surface area contributed by atoms with E-state index in [1.807, 2.05) is 6.07 Å². The minimum absolute atomic E-state index is 0.0368. The predicted octanol–water partition coefficient (Wildman–Crippen LogP) is 1.79. The fraction of sp³-hybridized carbons (Fsp3) is 0.364. The van der Waals surface area contributed by atoms with Gasteiger partial charge in [-0.05, 0) is 31.0 Å². The lowest BCUT2D eigenvalue weighted by molar-refractivity contribution is 0.402. The highest BCUT2D eigenvalue weighted by Gasteiger charge is 2.47. The second-order valence-corrected chi connectivity index (χ2v) is 6.66. The molecule has 0 amide bonds. The van der Waals surface area contributed by atoms with Gasteiger partial charge in [-0.1, -0.05) is 15.9 Å². The zero-order valence-electron chi connectivity index (χ0n) is 9.60. The zero-order valence-corrected chi connectivity index (χ0v) is 12.0. The predicted molar refractivity (Wildman–Crippen MR) is 68.6 cm³/mol. The summed E-state index contributed by atoms with van der Waals surface area (Å²) >= 11 is 3.24. The molecule has 5 nitrogen and oxygen atoms in total. The maximum absolute atomic E-state index is 12.2. The van der Waals surface area contributed by atoms with Crippen LogP contribution in [0.3, 0.4) is 0 Å². The number of sulfonamides is 1. The van der Waals surface area contributed by atoms with Crippen LogP contribution in [0.1, 0.15) is 12.8 Å². The number of rotatable bonds is 4. The van der Waals surface area contributed by atoms with Crippen molar-refractivity contribution >= 4 is 26.0 Å². The Morgan fingerprint density at radius 1 is 1.50 bits per heavy atom. The van der Waals surface area contributed by atoms with E-state index in [2.05, 4.69) is 20.7 Å². The molecule has 0 saturated heterocycles. The smallest absolute Gasteiger partial charge is 0.245 e. The van der Waals surface area contributed by atoms with Crippen LogP contribution in [0.2, 0.25) is 0 Å². The van der Waals surface area contributed by atoms with Crippen molar-refractivity contribution in [3.63, 3.8) is 0 Å². The molecule has 2 rings (SSSR count). The number of hydrogen-bond acceptors (Lipinski definition) is 4. The molecule has 18 heavy (non-hydrogen) atoms. The van der Waals surface area contributed by atoms with Crippen molar-refractivity contribution in [2.45, 2.75) is 23.3 Å². The quantitative estimate of drug-likeness (QED) is 0.912. The number of methoxy groups -OCH3 is 1. The van der Waals surface area contributed by atoms with Crippen LogP contribution in [0, 0.1) is 11.3 Å². The largest absolute Gasteiger partial charge is 0.495 e. The molecule has 1 fully saturated rings. The third-order valence-corrected chi connectivity index (χ3v) is 4.78. The van der Waals surface area contributed by atoms with Crippen molar-refractivity contribution in [2.75, 3.05) is 7.11 Å². The fourth-order valence-electron chi connectivity index (χ4n) is 1.54. The van der Waals surface area contributed by atoms with Crippen LogP contribution in [0.4, 0.5) is 0 Å². The molecule has 0 bridgehead atoms. The summed E-state index contributed by atoms with van der Waals surface area (Å²) in [5.74, 6) is 0.241. The van der Waals surface area contributed by atoms with Crippen LogP contribution in [0.15, 0.2) is 27.6 Å².